The van der Waals surface area contributed by atoms with E-state index in [9.17, 15) is 0 Å². The van der Waals surface area contributed by atoms with Gasteiger partial charge in [0, 0.05) is 30.5 Å². The predicted molar refractivity (Wildman–Crippen MR) is 103 cm³/mol. The molecular formula is C18H23N7O. The van der Waals surface area contributed by atoms with Crippen LogP contribution in [-0.4, -0.2) is 45.8 Å². The second-order valence-electron chi connectivity index (χ2n) is 6.60. The number of nitrogens with one attached hydrogen (secondary N) is 1. The predicted octanol–water partition coefficient (Wildman–Crippen LogP) is 2.57. The van der Waals surface area contributed by atoms with Gasteiger partial charge in [-0.25, -0.2) is 15.0 Å². The number of anilines is 4. The van der Waals surface area contributed by atoms with Gasteiger partial charge in [-0.15, -0.1) is 0 Å². The summed E-state index contributed by atoms with van der Waals surface area (Å²) >= 11 is 0. The highest BCUT2D eigenvalue weighted by molar-refractivity contribution is 5.84. The Bertz CT molecular complexity index is 898. The molecule has 0 unspecified atom stereocenters. The SMILES string of the molecule is CC(C)n1c(Nc2ccc(N3CCOCC3)cc2)nc2c(N)ncnc21. The van der Waals surface area contributed by atoms with Crippen molar-refractivity contribution in [3.63, 3.8) is 0 Å². The Balaban J connectivity index is 1.62. The molecule has 1 fully saturated rings. The van der Waals surface area contributed by atoms with Gasteiger partial charge in [0.05, 0.1) is 13.2 Å². The summed E-state index contributed by atoms with van der Waals surface area (Å²) in [6.07, 6.45) is 1.47. The molecule has 0 bridgehead atoms. The molecule has 0 amide bonds. The van der Waals surface area contributed by atoms with Crippen LogP contribution in [0.15, 0.2) is 30.6 Å². The molecule has 3 heterocycles. The summed E-state index contributed by atoms with van der Waals surface area (Å²) in [5.41, 5.74) is 9.48. The Hall–Kier alpha value is -2.87. The lowest BCUT2D eigenvalue weighted by atomic mass is 10.2. The number of aromatic nitrogens is 4. The summed E-state index contributed by atoms with van der Waals surface area (Å²) in [4.78, 5) is 15.3. The lowest BCUT2D eigenvalue weighted by Crippen LogP contribution is -2.36. The summed E-state index contributed by atoms with van der Waals surface area (Å²) in [6.45, 7) is 7.59. The second-order valence-corrected chi connectivity index (χ2v) is 6.60. The highest BCUT2D eigenvalue weighted by atomic mass is 16.5. The van der Waals surface area contributed by atoms with E-state index in [1.807, 2.05) is 4.57 Å². The average Bonchev–Trinajstić information content (AvgIpc) is 3.03. The lowest BCUT2D eigenvalue weighted by Gasteiger charge is -2.28. The van der Waals surface area contributed by atoms with Gasteiger partial charge in [0.1, 0.15) is 6.33 Å². The van der Waals surface area contributed by atoms with Crippen LogP contribution in [0, 0.1) is 0 Å². The molecule has 3 aromatic rings. The maximum absolute atomic E-state index is 5.96. The van der Waals surface area contributed by atoms with Crippen molar-refractivity contribution in [2.24, 2.45) is 0 Å². The minimum atomic E-state index is 0.185. The summed E-state index contributed by atoms with van der Waals surface area (Å²) in [5, 5.41) is 3.39. The zero-order chi connectivity index (χ0) is 18.1. The van der Waals surface area contributed by atoms with Gasteiger partial charge in [-0.1, -0.05) is 0 Å². The Morgan fingerprint density at radius 2 is 1.85 bits per heavy atom. The molecular weight excluding hydrogens is 330 g/mol. The number of hydrogen-bond acceptors (Lipinski definition) is 7. The first-order chi connectivity index (χ1) is 12.6. The Labute approximate surface area is 152 Å². The molecule has 1 aliphatic heterocycles. The molecule has 1 aromatic carbocycles. The minimum absolute atomic E-state index is 0.185. The Morgan fingerprint density at radius 1 is 1.12 bits per heavy atom. The topological polar surface area (TPSA) is 94.1 Å². The van der Waals surface area contributed by atoms with E-state index in [-0.39, 0.29) is 6.04 Å². The zero-order valence-electron chi connectivity index (χ0n) is 15.0. The number of morpholine rings is 1. The monoisotopic (exact) mass is 353 g/mol. The third-order valence-corrected chi connectivity index (χ3v) is 4.52. The molecule has 2 aromatic heterocycles. The molecule has 1 saturated heterocycles. The summed E-state index contributed by atoms with van der Waals surface area (Å²) < 4.78 is 7.44. The van der Waals surface area contributed by atoms with E-state index in [0.717, 1.165) is 37.6 Å². The van der Waals surface area contributed by atoms with Gasteiger partial charge in [0.15, 0.2) is 17.0 Å². The summed E-state index contributed by atoms with van der Waals surface area (Å²) in [7, 11) is 0. The Morgan fingerprint density at radius 3 is 2.54 bits per heavy atom. The van der Waals surface area contributed by atoms with Gasteiger partial charge < -0.3 is 20.7 Å². The first kappa shape index (κ1) is 16.6. The number of benzene rings is 1. The largest absolute Gasteiger partial charge is 0.382 e. The van der Waals surface area contributed by atoms with E-state index in [0.29, 0.717) is 17.3 Å². The van der Waals surface area contributed by atoms with Gasteiger partial charge >= 0.3 is 0 Å². The maximum atomic E-state index is 5.96. The van der Waals surface area contributed by atoms with Crippen molar-refractivity contribution < 1.29 is 4.74 Å². The molecule has 0 aliphatic carbocycles. The highest BCUT2D eigenvalue weighted by Crippen LogP contribution is 2.28. The number of nitrogens with two attached hydrogens (primary N) is 1. The number of ether oxygens (including phenoxy) is 1. The smallest absolute Gasteiger partial charge is 0.210 e. The van der Waals surface area contributed by atoms with Crippen molar-refractivity contribution in [3.05, 3.63) is 30.6 Å². The van der Waals surface area contributed by atoms with Crippen LogP contribution in [-0.2, 0) is 4.74 Å². The van der Waals surface area contributed by atoms with Crippen LogP contribution in [0.5, 0.6) is 0 Å². The fourth-order valence-electron chi connectivity index (χ4n) is 3.21. The number of fused-ring (bicyclic) bond motifs is 1. The second kappa shape index (κ2) is 6.80. The van der Waals surface area contributed by atoms with E-state index < -0.39 is 0 Å². The molecule has 1 aliphatic rings. The summed E-state index contributed by atoms with van der Waals surface area (Å²) in [6, 6.07) is 8.53. The van der Waals surface area contributed by atoms with Crippen LogP contribution >= 0.6 is 0 Å². The van der Waals surface area contributed by atoms with E-state index in [2.05, 4.69) is 63.3 Å². The quantitative estimate of drug-likeness (QED) is 0.744. The molecule has 0 spiro atoms. The van der Waals surface area contributed by atoms with E-state index in [1.165, 1.54) is 12.0 Å². The number of hydrogen-bond donors (Lipinski definition) is 2. The minimum Gasteiger partial charge on any atom is -0.382 e. The van der Waals surface area contributed by atoms with Crippen molar-refractivity contribution in [3.8, 4) is 0 Å². The molecule has 136 valence electrons. The first-order valence-electron chi connectivity index (χ1n) is 8.81. The van der Waals surface area contributed by atoms with Gasteiger partial charge in [0.2, 0.25) is 5.95 Å². The molecule has 8 heteroatoms. The average molecular weight is 353 g/mol. The number of imidazole rings is 1. The van der Waals surface area contributed by atoms with Crippen molar-refractivity contribution >= 4 is 34.3 Å². The van der Waals surface area contributed by atoms with Gasteiger partial charge in [-0.2, -0.15) is 0 Å². The van der Waals surface area contributed by atoms with E-state index in [1.54, 1.807) is 0 Å². The van der Waals surface area contributed by atoms with Crippen LogP contribution in [0.2, 0.25) is 0 Å². The van der Waals surface area contributed by atoms with E-state index in [4.69, 9.17) is 10.5 Å². The molecule has 0 atom stereocenters. The molecule has 3 N–H and O–H groups in total. The Kier molecular flexibility index (Phi) is 4.34. The lowest BCUT2D eigenvalue weighted by molar-refractivity contribution is 0.122. The van der Waals surface area contributed by atoms with Crippen LogP contribution in [0.1, 0.15) is 19.9 Å². The molecule has 0 saturated carbocycles. The normalized spacial score (nSPS) is 15.0. The van der Waals surface area contributed by atoms with Crippen LogP contribution < -0.4 is 16.0 Å². The fraction of sp³-hybridized carbons (Fsp3) is 0.389. The van der Waals surface area contributed by atoms with Gasteiger partial charge in [-0.3, -0.25) is 4.57 Å². The molecule has 26 heavy (non-hydrogen) atoms. The molecule has 0 radical (unpaired) electrons. The highest BCUT2D eigenvalue weighted by Gasteiger charge is 2.17. The van der Waals surface area contributed by atoms with Crippen molar-refractivity contribution in [2.45, 2.75) is 19.9 Å². The number of rotatable bonds is 4. The molecule has 4 rings (SSSR count). The van der Waals surface area contributed by atoms with E-state index >= 15 is 0 Å². The zero-order valence-corrected chi connectivity index (χ0v) is 15.0. The van der Waals surface area contributed by atoms with Gasteiger partial charge in [-0.05, 0) is 38.1 Å². The molecule has 8 nitrogen and oxygen atoms in total. The maximum Gasteiger partial charge on any atom is 0.210 e. The van der Waals surface area contributed by atoms with Crippen LogP contribution in [0.4, 0.5) is 23.1 Å². The number of nitrogen functional groups attached to an aromatic ring is 1. The van der Waals surface area contributed by atoms with Crippen LogP contribution in [0.3, 0.4) is 0 Å². The summed E-state index contributed by atoms with van der Waals surface area (Å²) in [5.74, 6) is 1.10. The van der Waals surface area contributed by atoms with Crippen molar-refractivity contribution in [1.29, 1.82) is 0 Å². The van der Waals surface area contributed by atoms with Crippen LogP contribution in [0.25, 0.3) is 11.2 Å². The number of nitrogens with zero attached hydrogens (tertiary/aromatic N) is 5. The van der Waals surface area contributed by atoms with Gasteiger partial charge in [0.25, 0.3) is 0 Å². The third kappa shape index (κ3) is 3.03. The standard InChI is InChI=1S/C18H23N7O/c1-12(2)25-17-15(16(19)20-11-21-17)23-18(25)22-13-3-5-14(6-4-13)24-7-9-26-10-8-24/h3-6,11-12H,7-10H2,1-2H3,(H,22,23)(H2,19,20,21). The van der Waals surface area contributed by atoms with Crippen molar-refractivity contribution in [2.75, 3.05) is 42.3 Å². The fourth-order valence-corrected chi connectivity index (χ4v) is 3.21. The van der Waals surface area contributed by atoms with Crippen molar-refractivity contribution in [1.82, 2.24) is 19.5 Å². The third-order valence-electron chi connectivity index (χ3n) is 4.52. The first-order valence-corrected chi connectivity index (χ1v) is 8.81.